The van der Waals surface area contributed by atoms with Crippen molar-refractivity contribution < 1.29 is 13.9 Å². The van der Waals surface area contributed by atoms with Crippen molar-refractivity contribution in [3.05, 3.63) is 0 Å². The maximum Gasteiger partial charge on any atom is 0.286 e. The predicted octanol–water partition coefficient (Wildman–Crippen LogP) is 2.38. The van der Waals surface area contributed by atoms with Gasteiger partial charge in [0.2, 0.25) is 0 Å². The summed E-state index contributed by atoms with van der Waals surface area (Å²) in [5.74, 6) is 0. The van der Waals surface area contributed by atoms with Crippen LogP contribution in [0.5, 0.6) is 0 Å². The van der Waals surface area contributed by atoms with Gasteiger partial charge in [0.05, 0.1) is 13.2 Å². The normalized spacial score (nSPS) is 11.7. The number of hydrogen-bond acceptors (Lipinski definition) is 3. The van der Waals surface area contributed by atoms with E-state index in [9.17, 15) is 4.89 Å². The summed E-state index contributed by atoms with van der Waals surface area (Å²) in [6, 6.07) is 0. The molecular formula is C5H11Cl2O3P. The second kappa shape index (κ2) is 5.41. The largest absolute Gasteiger partial charge is 0.331 e. The molecule has 0 saturated heterocycles. The lowest BCUT2D eigenvalue weighted by molar-refractivity contribution is 0.210. The standard InChI is InChI=1S/C5H11Cl2O3P/c1-3-9-11(8,5(6)7)10-4-2/h8H,3-4H2,1-2H3. The Morgan fingerprint density at radius 2 is 1.64 bits per heavy atom. The Balaban J connectivity index is 4.40. The van der Waals surface area contributed by atoms with Crippen LogP contribution < -0.4 is 0 Å². The maximum atomic E-state index is 9.45. The predicted molar refractivity (Wildman–Crippen MR) is 49.1 cm³/mol. The van der Waals surface area contributed by atoms with Gasteiger partial charge in [-0.1, -0.05) is 23.2 Å². The van der Waals surface area contributed by atoms with Crippen molar-refractivity contribution in [2.24, 2.45) is 0 Å². The molecule has 0 heterocycles. The molecule has 0 aliphatic carbocycles. The van der Waals surface area contributed by atoms with Crippen molar-refractivity contribution in [1.82, 2.24) is 0 Å². The summed E-state index contributed by atoms with van der Waals surface area (Å²) in [6.45, 7) is 4.07. The van der Waals surface area contributed by atoms with Crippen LogP contribution in [0.15, 0.2) is 0 Å². The van der Waals surface area contributed by atoms with Crippen LogP contribution in [0.3, 0.4) is 0 Å². The van der Waals surface area contributed by atoms with Gasteiger partial charge in [0.15, 0.2) is 4.21 Å². The number of halogens is 2. The summed E-state index contributed by atoms with van der Waals surface area (Å²) in [4.78, 5) is 9.45. The van der Waals surface area contributed by atoms with Gasteiger partial charge in [-0.3, -0.25) is 0 Å². The van der Waals surface area contributed by atoms with Crippen LogP contribution in [0, 0.1) is 0 Å². The van der Waals surface area contributed by atoms with Crippen LogP contribution in [0.1, 0.15) is 13.8 Å². The molecular weight excluding hydrogens is 210 g/mol. The zero-order chi connectivity index (χ0) is 8.91. The SMILES string of the molecule is CCOP(O)(OCC)=C(Cl)Cl. The highest BCUT2D eigenvalue weighted by atomic mass is 35.5. The molecule has 11 heavy (non-hydrogen) atoms. The lowest BCUT2D eigenvalue weighted by atomic mass is 10.9. The summed E-state index contributed by atoms with van der Waals surface area (Å²) < 4.78 is 9.51. The zero-order valence-corrected chi connectivity index (χ0v) is 8.79. The fraction of sp³-hybridized carbons (Fsp3) is 0.800. The van der Waals surface area contributed by atoms with Gasteiger partial charge in [-0.2, -0.15) is 0 Å². The van der Waals surface area contributed by atoms with E-state index in [1.54, 1.807) is 13.8 Å². The molecule has 0 aromatic rings. The monoisotopic (exact) mass is 220 g/mol. The van der Waals surface area contributed by atoms with E-state index in [0.29, 0.717) is 13.2 Å². The maximum absolute atomic E-state index is 9.45. The zero-order valence-electron chi connectivity index (χ0n) is 6.38. The van der Waals surface area contributed by atoms with Gasteiger partial charge in [-0.05, 0) is 13.8 Å². The highest BCUT2D eigenvalue weighted by Crippen LogP contribution is 2.48. The highest BCUT2D eigenvalue weighted by Gasteiger charge is 2.19. The van der Waals surface area contributed by atoms with Crippen LogP contribution >= 0.6 is 30.8 Å². The lowest BCUT2D eigenvalue weighted by Crippen LogP contribution is -1.98. The summed E-state index contributed by atoms with van der Waals surface area (Å²) in [7, 11) is -3.09. The molecule has 0 aromatic heterocycles. The third-order valence-corrected chi connectivity index (χ3v) is 3.75. The summed E-state index contributed by atoms with van der Waals surface area (Å²) in [6.07, 6.45) is 0. The van der Waals surface area contributed by atoms with E-state index < -0.39 is 7.57 Å². The molecule has 1 N–H and O–H groups in total. The minimum absolute atomic E-state index is 0.235. The summed E-state index contributed by atoms with van der Waals surface area (Å²) in [5.41, 5.74) is 0. The Hall–Kier alpha value is 0.760. The third-order valence-electron chi connectivity index (χ3n) is 0.822. The molecule has 68 valence electrons. The third kappa shape index (κ3) is 3.79. The smallest absolute Gasteiger partial charge is 0.286 e. The van der Waals surface area contributed by atoms with E-state index in [4.69, 9.17) is 32.2 Å². The van der Waals surface area contributed by atoms with Crippen LogP contribution in [0.25, 0.3) is 0 Å². The average molecular weight is 221 g/mol. The summed E-state index contributed by atoms with van der Waals surface area (Å²) >= 11 is 10.7. The molecule has 0 bridgehead atoms. The van der Waals surface area contributed by atoms with E-state index in [0.717, 1.165) is 0 Å². The molecule has 0 fully saturated rings. The molecule has 0 aromatic carbocycles. The fourth-order valence-corrected chi connectivity index (χ4v) is 2.04. The van der Waals surface area contributed by atoms with Crippen LogP contribution in [-0.4, -0.2) is 22.3 Å². The summed E-state index contributed by atoms with van der Waals surface area (Å²) in [5, 5.41) is 0. The van der Waals surface area contributed by atoms with E-state index >= 15 is 0 Å². The lowest BCUT2D eigenvalue weighted by Gasteiger charge is -2.17. The van der Waals surface area contributed by atoms with Crippen LogP contribution in [-0.2, 0) is 9.05 Å². The van der Waals surface area contributed by atoms with E-state index in [1.807, 2.05) is 0 Å². The Bertz CT molecular complexity index is 157. The van der Waals surface area contributed by atoms with Gasteiger partial charge in [-0.15, -0.1) is 0 Å². The van der Waals surface area contributed by atoms with Gasteiger partial charge < -0.3 is 13.9 Å². The molecule has 0 saturated carbocycles. The topological polar surface area (TPSA) is 38.7 Å². The molecule has 0 unspecified atom stereocenters. The minimum Gasteiger partial charge on any atom is -0.331 e. The molecule has 0 atom stereocenters. The molecule has 0 amide bonds. The Morgan fingerprint density at radius 3 is 1.82 bits per heavy atom. The first-order chi connectivity index (χ1) is 5.06. The Labute approximate surface area is 76.4 Å². The molecule has 0 aliphatic heterocycles. The van der Waals surface area contributed by atoms with Crippen molar-refractivity contribution in [3.63, 3.8) is 0 Å². The fourth-order valence-electron chi connectivity index (χ4n) is 0.485. The molecule has 0 aliphatic rings. The second-order valence-electron chi connectivity index (χ2n) is 1.60. The first kappa shape index (κ1) is 11.8. The van der Waals surface area contributed by atoms with Crippen LogP contribution in [0.2, 0.25) is 0 Å². The van der Waals surface area contributed by atoms with E-state index in [2.05, 4.69) is 0 Å². The van der Waals surface area contributed by atoms with Crippen LogP contribution in [0.4, 0.5) is 0 Å². The molecule has 0 rings (SSSR count). The Morgan fingerprint density at radius 1 is 1.27 bits per heavy atom. The van der Waals surface area contributed by atoms with Gasteiger partial charge in [-0.25, -0.2) is 0 Å². The first-order valence-corrected chi connectivity index (χ1v) is 5.49. The van der Waals surface area contributed by atoms with Gasteiger partial charge in [0.1, 0.15) is 0 Å². The van der Waals surface area contributed by atoms with Gasteiger partial charge in [0, 0.05) is 0 Å². The second-order valence-corrected chi connectivity index (χ2v) is 5.08. The minimum atomic E-state index is -3.09. The quantitative estimate of drug-likeness (QED) is 0.740. The highest BCUT2D eigenvalue weighted by molar-refractivity contribution is 7.69. The van der Waals surface area contributed by atoms with Gasteiger partial charge >= 0.3 is 0 Å². The molecule has 3 nitrogen and oxygen atoms in total. The van der Waals surface area contributed by atoms with Crippen molar-refractivity contribution in [3.8, 4) is 0 Å². The average Bonchev–Trinajstić information content (AvgIpc) is 1.88. The number of rotatable bonds is 4. The van der Waals surface area contributed by atoms with E-state index in [-0.39, 0.29) is 4.21 Å². The number of hydrogen-bond donors (Lipinski definition) is 1. The van der Waals surface area contributed by atoms with Crippen molar-refractivity contribution in [1.29, 1.82) is 0 Å². The molecule has 0 spiro atoms. The molecule has 6 heteroatoms. The molecule has 0 radical (unpaired) electrons. The Kier molecular flexibility index (Phi) is 5.79. The van der Waals surface area contributed by atoms with Gasteiger partial charge in [0.25, 0.3) is 7.57 Å². The van der Waals surface area contributed by atoms with Crippen molar-refractivity contribution >= 4 is 35.0 Å². The van der Waals surface area contributed by atoms with E-state index in [1.165, 1.54) is 0 Å². The first-order valence-electron chi connectivity index (χ1n) is 3.16. The van der Waals surface area contributed by atoms with Crippen molar-refractivity contribution in [2.75, 3.05) is 13.2 Å². The van der Waals surface area contributed by atoms with Crippen molar-refractivity contribution in [2.45, 2.75) is 13.8 Å².